The lowest BCUT2D eigenvalue weighted by Crippen LogP contribution is -2.20. The molecule has 0 atom stereocenters. The Balaban J connectivity index is 1.66. The first-order valence-electron chi connectivity index (χ1n) is 7.27. The fourth-order valence-electron chi connectivity index (χ4n) is 2.43. The third kappa shape index (κ3) is 2.88. The van der Waals surface area contributed by atoms with E-state index in [4.69, 9.17) is 0 Å². The molecule has 0 saturated heterocycles. The average molecular weight is 364 g/mol. The fourth-order valence-corrected chi connectivity index (χ4v) is 3.45. The van der Waals surface area contributed by atoms with Crippen molar-refractivity contribution in [3.05, 3.63) is 47.2 Å². The number of rotatable bonds is 3. The van der Waals surface area contributed by atoms with Crippen molar-refractivity contribution in [1.82, 2.24) is 24.8 Å². The van der Waals surface area contributed by atoms with Crippen LogP contribution in [0.25, 0.3) is 15.9 Å². The molecule has 0 bridgehead atoms. The number of thiazole rings is 1. The predicted molar refractivity (Wildman–Crippen MR) is 87.5 cm³/mol. The van der Waals surface area contributed by atoms with Crippen molar-refractivity contribution in [1.29, 1.82) is 0 Å². The minimum absolute atomic E-state index is 0.0458. The first kappa shape index (κ1) is 15.8. The number of para-hydroxylation sites is 1. The molecule has 0 unspecified atom stereocenters. The molecular weight excluding hydrogens is 353 g/mol. The molecular formula is C15H11F3N6S. The Bertz CT molecular complexity index is 1020. The van der Waals surface area contributed by atoms with Crippen LogP contribution >= 0.6 is 11.3 Å². The van der Waals surface area contributed by atoms with Gasteiger partial charge < -0.3 is 4.90 Å². The molecule has 4 rings (SSSR count). The molecule has 10 heteroatoms. The van der Waals surface area contributed by atoms with Crippen LogP contribution in [0.4, 0.5) is 19.0 Å². The Morgan fingerprint density at radius 2 is 1.92 bits per heavy atom. The quantitative estimate of drug-likeness (QED) is 0.558. The summed E-state index contributed by atoms with van der Waals surface area (Å²) in [5.74, 6) is -0.769. The third-order valence-corrected chi connectivity index (χ3v) is 4.63. The summed E-state index contributed by atoms with van der Waals surface area (Å²) in [7, 11) is 1.75. The second-order valence-electron chi connectivity index (χ2n) is 5.41. The topological polar surface area (TPSA) is 59.2 Å². The zero-order valence-corrected chi connectivity index (χ0v) is 13.7. The number of aromatic nitrogens is 5. The smallest absolute Gasteiger partial charge is 0.351 e. The van der Waals surface area contributed by atoms with E-state index in [-0.39, 0.29) is 5.65 Å². The molecule has 4 aromatic rings. The van der Waals surface area contributed by atoms with Crippen LogP contribution in [0.1, 0.15) is 10.8 Å². The van der Waals surface area contributed by atoms with Gasteiger partial charge in [0.15, 0.2) is 5.65 Å². The molecule has 6 nitrogen and oxygen atoms in total. The van der Waals surface area contributed by atoms with Crippen molar-refractivity contribution >= 4 is 33.0 Å². The highest BCUT2D eigenvalue weighted by Gasteiger charge is 2.37. The summed E-state index contributed by atoms with van der Waals surface area (Å²) in [6.45, 7) is 0.432. The second-order valence-corrected chi connectivity index (χ2v) is 6.53. The molecule has 0 amide bonds. The van der Waals surface area contributed by atoms with E-state index in [2.05, 4.69) is 20.3 Å². The van der Waals surface area contributed by atoms with Crippen molar-refractivity contribution in [2.24, 2.45) is 0 Å². The maximum atomic E-state index is 13.0. The summed E-state index contributed by atoms with van der Waals surface area (Å²) in [5, 5.41) is 11.6. The number of anilines is 1. The number of nitrogens with zero attached hydrogens (tertiary/aromatic N) is 6. The fraction of sp³-hybridized carbons (Fsp3) is 0.200. The highest BCUT2D eigenvalue weighted by atomic mass is 32.1. The van der Waals surface area contributed by atoms with E-state index in [1.165, 1.54) is 6.07 Å². The molecule has 0 aliphatic heterocycles. The zero-order chi connectivity index (χ0) is 17.6. The lowest BCUT2D eigenvalue weighted by molar-refractivity contribution is -0.146. The van der Waals surface area contributed by atoms with Crippen LogP contribution in [-0.4, -0.2) is 31.8 Å². The Kier molecular flexibility index (Phi) is 3.57. The van der Waals surface area contributed by atoms with Gasteiger partial charge in [-0.1, -0.05) is 12.1 Å². The standard InChI is InChI=1S/C15H11F3N6S/c1-23(8-13-19-9-4-2-3-5-10(9)25-13)12-7-6-11-20-21-14(15(16,17)18)24(11)22-12/h2-7H,8H2,1H3. The first-order valence-corrected chi connectivity index (χ1v) is 8.09. The van der Waals surface area contributed by atoms with Crippen LogP contribution in [0, 0.1) is 0 Å². The van der Waals surface area contributed by atoms with Gasteiger partial charge in [-0.25, -0.2) is 4.98 Å². The number of halogens is 3. The van der Waals surface area contributed by atoms with Crippen molar-refractivity contribution < 1.29 is 13.2 Å². The number of hydrogen-bond donors (Lipinski definition) is 0. The highest BCUT2D eigenvalue weighted by molar-refractivity contribution is 7.18. The van der Waals surface area contributed by atoms with Gasteiger partial charge in [-0.3, -0.25) is 0 Å². The van der Waals surface area contributed by atoms with E-state index < -0.39 is 12.0 Å². The van der Waals surface area contributed by atoms with Crippen molar-refractivity contribution in [2.75, 3.05) is 11.9 Å². The summed E-state index contributed by atoms with van der Waals surface area (Å²) in [4.78, 5) is 6.26. The van der Waals surface area contributed by atoms with Gasteiger partial charge in [-0.05, 0) is 24.3 Å². The number of fused-ring (bicyclic) bond motifs is 2. The molecule has 0 aliphatic carbocycles. The minimum atomic E-state index is -4.61. The molecule has 3 heterocycles. The molecule has 0 saturated carbocycles. The van der Waals surface area contributed by atoms with E-state index in [9.17, 15) is 13.2 Å². The molecule has 128 valence electrons. The number of hydrogen-bond acceptors (Lipinski definition) is 6. The lowest BCUT2D eigenvalue weighted by atomic mass is 10.3. The van der Waals surface area contributed by atoms with Gasteiger partial charge in [0.2, 0.25) is 0 Å². The number of benzene rings is 1. The SMILES string of the molecule is CN(Cc1nc2ccccc2s1)c1ccc2nnc(C(F)(F)F)n2n1. The monoisotopic (exact) mass is 364 g/mol. The summed E-state index contributed by atoms with van der Waals surface area (Å²) in [6.07, 6.45) is -4.61. The van der Waals surface area contributed by atoms with Gasteiger partial charge in [0, 0.05) is 7.05 Å². The Hall–Kier alpha value is -2.75. The maximum Gasteiger partial charge on any atom is 0.453 e. The lowest BCUT2D eigenvalue weighted by Gasteiger charge is -2.16. The highest BCUT2D eigenvalue weighted by Crippen LogP contribution is 2.28. The van der Waals surface area contributed by atoms with E-state index in [0.717, 1.165) is 15.2 Å². The molecule has 0 radical (unpaired) electrons. The van der Waals surface area contributed by atoms with Crippen LogP contribution < -0.4 is 4.90 Å². The molecule has 25 heavy (non-hydrogen) atoms. The first-order chi connectivity index (χ1) is 11.9. The summed E-state index contributed by atoms with van der Waals surface area (Å²) < 4.78 is 40.7. The van der Waals surface area contributed by atoms with Gasteiger partial charge in [0.05, 0.1) is 16.8 Å². The molecule has 1 aromatic carbocycles. The number of alkyl halides is 3. The van der Waals surface area contributed by atoms with E-state index in [1.807, 2.05) is 24.3 Å². The molecule has 0 aliphatic rings. The second kappa shape index (κ2) is 5.66. The van der Waals surface area contributed by atoms with Gasteiger partial charge in [0.1, 0.15) is 10.8 Å². The van der Waals surface area contributed by atoms with Crippen molar-refractivity contribution in [3.63, 3.8) is 0 Å². The Labute approximate surface area is 143 Å². The molecule has 3 aromatic heterocycles. The van der Waals surface area contributed by atoms with Crippen LogP contribution in [0.5, 0.6) is 0 Å². The Morgan fingerprint density at radius 1 is 1.12 bits per heavy atom. The van der Waals surface area contributed by atoms with E-state index in [0.29, 0.717) is 16.9 Å². The van der Waals surface area contributed by atoms with E-state index in [1.54, 1.807) is 29.4 Å². The van der Waals surface area contributed by atoms with Gasteiger partial charge in [-0.2, -0.15) is 17.7 Å². The van der Waals surface area contributed by atoms with Crippen LogP contribution in [0.15, 0.2) is 36.4 Å². The maximum absolute atomic E-state index is 13.0. The average Bonchev–Trinajstić information content (AvgIpc) is 3.16. The minimum Gasteiger partial charge on any atom is -0.351 e. The van der Waals surface area contributed by atoms with Crippen LogP contribution in [-0.2, 0) is 12.7 Å². The zero-order valence-electron chi connectivity index (χ0n) is 12.9. The van der Waals surface area contributed by atoms with Gasteiger partial charge in [-0.15, -0.1) is 26.6 Å². The largest absolute Gasteiger partial charge is 0.453 e. The molecule has 0 spiro atoms. The molecule has 0 fully saturated rings. The van der Waals surface area contributed by atoms with Crippen LogP contribution in [0.3, 0.4) is 0 Å². The van der Waals surface area contributed by atoms with E-state index >= 15 is 0 Å². The summed E-state index contributed by atoms with van der Waals surface area (Å²) in [6, 6.07) is 10.8. The third-order valence-electron chi connectivity index (χ3n) is 3.60. The summed E-state index contributed by atoms with van der Waals surface area (Å²) in [5.41, 5.74) is 0.946. The molecule has 0 N–H and O–H groups in total. The van der Waals surface area contributed by atoms with Crippen molar-refractivity contribution in [2.45, 2.75) is 12.7 Å². The van der Waals surface area contributed by atoms with Gasteiger partial charge >= 0.3 is 6.18 Å². The summed E-state index contributed by atoms with van der Waals surface area (Å²) >= 11 is 1.54. The van der Waals surface area contributed by atoms with Crippen molar-refractivity contribution in [3.8, 4) is 0 Å². The Morgan fingerprint density at radius 3 is 2.68 bits per heavy atom. The normalized spacial score (nSPS) is 12.2. The van der Waals surface area contributed by atoms with Gasteiger partial charge in [0.25, 0.3) is 5.82 Å². The van der Waals surface area contributed by atoms with Crippen LogP contribution in [0.2, 0.25) is 0 Å². The predicted octanol–water partition coefficient (Wildman–Crippen LogP) is 3.39.